The van der Waals surface area contributed by atoms with Crippen LogP contribution >= 0.6 is 0 Å². The number of hydrogen-bond acceptors (Lipinski definition) is 5. The molecule has 0 heterocycles. The number of ether oxygens (including phenoxy) is 1. The Labute approximate surface area is 150 Å². The van der Waals surface area contributed by atoms with Crippen LogP contribution in [-0.2, 0) is 26.9 Å². The highest BCUT2D eigenvalue weighted by atomic mass is 19.4. The van der Waals surface area contributed by atoms with Crippen LogP contribution in [0.5, 0.6) is 0 Å². The standard InChI is InChI=1S/C17H13F3N2O5/c18-17(19,20)12-5-7-13(8-6-12)21-15(23)10-27-16(24)9-11-3-1-2-4-14(11)22(25)26/h1-8H,9-10H2,(H,21,23). The van der Waals surface area contributed by atoms with Crippen LogP contribution in [0.2, 0.25) is 0 Å². The summed E-state index contributed by atoms with van der Waals surface area (Å²) in [6.07, 6.45) is -4.89. The third kappa shape index (κ3) is 5.80. The number of carbonyl (C=O) groups is 2. The van der Waals surface area contributed by atoms with Crippen LogP contribution in [0, 0.1) is 10.1 Å². The summed E-state index contributed by atoms with van der Waals surface area (Å²) in [5.74, 6) is -1.61. The number of hydrogen-bond donors (Lipinski definition) is 1. The maximum Gasteiger partial charge on any atom is 0.416 e. The van der Waals surface area contributed by atoms with Gasteiger partial charge in [0.15, 0.2) is 6.61 Å². The zero-order valence-electron chi connectivity index (χ0n) is 13.7. The van der Waals surface area contributed by atoms with Crippen LogP contribution < -0.4 is 5.32 Å². The normalized spacial score (nSPS) is 10.9. The van der Waals surface area contributed by atoms with E-state index in [4.69, 9.17) is 4.74 Å². The average molecular weight is 382 g/mol. The molecule has 0 spiro atoms. The highest BCUT2D eigenvalue weighted by molar-refractivity contribution is 5.92. The lowest BCUT2D eigenvalue weighted by Gasteiger charge is -2.09. The molecule has 0 saturated heterocycles. The minimum Gasteiger partial charge on any atom is -0.455 e. The zero-order valence-corrected chi connectivity index (χ0v) is 13.7. The Balaban J connectivity index is 1.87. The number of nitrogens with zero attached hydrogens (tertiary/aromatic N) is 1. The van der Waals surface area contributed by atoms with Gasteiger partial charge in [0.1, 0.15) is 0 Å². The molecule has 0 aliphatic heterocycles. The first-order valence-corrected chi connectivity index (χ1v) is 7.52. The van der Waals surface area contributed by atoms with Gasteiger partial charge >= 0.3 is 12.1 Å². The molecule has 0 fully saturated rings. The molecule has 10 heteroatoms. The number of carbonyl (C=O) groups excluding carboxylic acids is 2. The Bertz CT molecular complexity index is 850. The fourth-order valence-corrected chi connectivity index (χ4v) is 2.13. The molecule has 0 unspecified atom stereocenters. The first-order valence-electron chi connectivity index (χ1n) is 7.52. The number of nitro groups is 1. The lowest BCUT2D eigenvalue weighted by atomic mass is 10.1. The third-order valence-electron chi connectivity index (χ3n) is 3.38. The van der Waals surface area contributed by atoms with Gasteiger partial charge in [-0.25, -0.2) is 0 Å². The van der Waals surface area contributed by atoms with Crippen LogP contribution in [0.1, 0.15) is 11.1 Å². The van der Waals surface area contributed by atoms with Crippen LogP contribution in [0.15, 0.2) is 48.5 Å². The van der Waals surface area contributed by atoms with E-state index in [0.717, 1.165) is 24.3 Å². The maximum atomic E-state index is 12.5. The van der Waals surface area contributed by atoms with Crippen molar-refractivity contribution in [3.63, 3.8) is 0 Å². The molecule has 1 N–H and O–H groups in total. The summed E-state index contributed by atoms with van der Waals surface area (Å²) in [5, 5.41) is 13.2. The van der Waals surface area contributed by atoms with Gasteiger partial charge in [-0.2, -0.15) is 13.2 Å². The molecule has 1 amide bonds. The summed E-state index contributed by atoms with van der Waals surface area (Å²) in [6, 6.07) is 9.33. The van der Waals surface area contributed by atoms with Crippen molar-refractivity contribution in [3.8, 4) is 0 Å². The molecule has 2 rings (SSSR count). The summed E-state index contributed by atoms with van der Waals surface area (Å²) in [5.41, 5.74) is -0.876. The van der Waals surface area contributed by atoms with Gasteiger partial charge in [-0.15, -0.1) is 0 Å². The summed E-state index contributed by atoms with van der Waals surface area (Å²) in [6.45, 7) is -0.680. The largest absolute Gasteiger partial charge is 0.455 e. The Kier molecular flexibility index (Phi) is 6.11. The molecule has 0 bridgehead atoms. The van der Waals surface area contributed by atoms with E-state index in [1.807, 2.05) is 0 Å². The van der Waals surface area contributed by atoms with Crippen LogP contribution in [0.25, 0.3) is 0 Å². The Morgan fingerprint density at radius 1 is 1.07 bits per heavy atom. The van der Waals surface area contributed by atoms with Gasteiger partial charge in [0, 0.05) is 17.3 Å². The molecule has 142 valence electrons. The molecule has 7 nitrogen and oxygen atoms in total. The topological polar surface area (TPSA) is 98.5 Å². The van der Waals surface area contributed by atoms with Gasteiger partial charge in [0.2, 0.25) is 0 Å². The van der Waals surface area contributed by atoms with Gasteiger partial charge in [-0.3, -0.25) is 19.7 Å². The molecule has 2 aromatic carbocycles. The lowest BCUT2D eigenvalue weighted by Crippen LogP contribution is -2.21. The number of alkyl halides is 3. The minimum absolute atomic E-state index is 0.0998. The predicted octanol–water partition coefficient (Wildman–Crippen LogP) is 3.34. The molecule has 2 aromatic rings. The van der Waals surface area contributed by atoms with Crippen LogP contribution in [0.4, 0.5) is 24.5 Å². The second-order valence-electron chi connectivity index (χ2n) is 5.35. The van der Waals surface area contributed by atoms with Gasteiger partial charge in [-0.1, -0.05) is 18.2 Å². The number of halogens is 3. The monoisotopic (exact) mass is 382 g/mol. The SMILES string of the molecule is O=C(COC(=O)Cc1ccccc1[N+](=O)[O-])Nc1ccc(C(F)(F)F)cc1. The number of benzene rings is 2. The Hall–Kier alpha value is -3.43. The van der Waals surface area contributed by atoms with E-state index in [9.17, 15) is 32.9 Å². The molecule has 0 aliphatic carbocycles. The lowest BCUT2D eigenvalue weighted by molar-refractivity contribution is -0.385. The number of esters is 1. The molecule has 27 heavy (non-hydrogen) atoms. The summed E-state index contributed by atoms with van der Waals surface area (Å²) in [4.78, 5) is 33.7. The van der Waals surface area contributed by atoms with Crippen molar-refractivity contribution >= 4 is 23.3 Å². The highest BCUT2D eigenvalue weighted by Crippen LogP contribution is 2.29. The smallest absolute Gasteiger partial charge is 0.416 e. The number of amides is 1. The number of para-hydroxylation sites is 1. The Morgan fingerprint density at radius 2 is 1.70 bits per heavy atom. The fourth-order valence-electron chi connectivity index (χ4n) is 2.13. The van der Waals surface area contributed by atoms with E-state index in [1.165, 1.54) is 24.3 Å². The van der Waals surface area contributed by atoms with Crippen molar-refractivity contribution in [3.05, 3.63) is 69.8 Å². The van der Waals surface area contributed by atoms with E-state index < -0.39 is 41.6 Å². The van der Waals surface area contributed by atoms with Crippen LogP contribution in [0.3, 0.4) is 0 Å². The van der Waals surface area contributed by atoms with Crippen molar-refractivity contribution in [2.24, 2.45) is 0 Å². The van der Waals surface area contributed by atoms with E-state index in [-0.39, 0.29) is 16.9 Å². The second kappa shape index (κ2) is 8.30. The van der Waals surface area contributed by atoms with E-state index in [1.54, 1.807) is 0 Å². The number of anilines is 1. The molecule has 0 radical (unpaired) electrons. The van der Waals surface area contributed by atoms with Crippen molar-refractivity contribution < 1.29 is 32.4 Å². The van der Waals surface area contributed by atoms with Crippen molar-refractivity contribution in [2.45, 2.75) is 12.6 Å². The van der Waals surface area contributed by atoms with Crippen molar-refractivity contribution in [1.82, 2.24) is 0 Å². The van der Waals surface area contributed by atoms with Crippen LogP contribution in [-0.4, -0.2) is 23.4 Å². The second-order valence-corrected chi connectivity index (χ2v) is 5.35. The molecule has 0 aromatic heterocycles. The van der Waals surface area contributed by atoms with E-state index >= 15 is 0 Å². The summed E-state index contributed by atoms with van der Waals surface area (Å²) >= 11 is 0. The average Bonchev–Trinajstić information content (AvgIpc) is 2.60. The molecular formula is C17H13F3N2O5. The first-order chi connectivity index (χ1) is 12.7. The summed E-state index contributed by atoms with van der Waals surface area (Å²) in [7, 11) is 0. The van der Waals surface area contributed by atoms with Gasteiger partial charge in [0.05, 0.1) is 16.9 Å². The van der Waals surface area contributed by atoms with Crippen molar-refractivity contribution in [1.29, 1.82) is 0 Å². The highest BCUT2D eigenvalue weighted by Gasteiger charge is 2.30. The third-order valence-corrected chi connectivity index (χ3v) is 3.38. The number of rotatable bonds is 6. The zero-order chi connectivity index (χ0) is 20.0. The van der Waals surface area contributed by atoms with E-state index in [0.29, 0.717) is 0 Å². The molecule has 0 saturated carbocycles. The fraction of sp³-hybridized carbons (Fsp3) is 0.176. The maximum absolute atomic E-state index is 12.5. The van der Waals surface area contributed by atoms with Gasteiger partial charge in [-0.05, 0) is 24.3 Å². The molecular weight excluding hydrogens is 369 g/mol. The van der Waals surface area contributed by atoms with Gasteiger partial charge < -0.3 is 10.1 Å². The van der Waals surface area contributed by atoms with E-state index in [2.05, 4.69) is 5.32 Å². The minimum atomic E-state index is -4.49. The van der Waals surface area contributed by atoms with Crippen molar-refractivity contribution in [2.75, 3.05) is 11.9 Å². The molecule has 0 atom stereocenters. The molecule has 0 aliphatic rings. The summed E-state index contributed by atoms with van der Waals surface area (Å²) < 4.78 is 42.1. The quantitative estimate of drug-likeness (QED) is 0.469. The first kappa shape index (κ1) is 19.9. The number of nitrogens with one attached hydrogen (secondary N) is 1. The Morgan fingerprint density at radius 3 is 2.30 bits per heavy atom. The van der Waals surface area contributed by atoms with Gasteiger partial charge in [0.25, 0.3) is 11.6 Å². The number of nitro benzene ring substituents is 1. The predicted molar refractivity (Wildman–Crippen MR) is 87.8 cm³/mol.